The summed E-state index contributed by atoms with van der Waals surface area (Å²) < 4.78 is 5.81. The van der Waals surface area contributed by atoms with Crippen LogP contribution in [0, 0.1) is 11.8 Å². The maximum atomic E-state index is 5.81. The predicted octanol–water partition coefficient (Wildman–Crippen LogP) is 3.37. The molecule has 2 saturated heterocycles. The summed E-state index contributed by atoms with van der Waals surface area (Å²) in [6.07, 6.45) is 8.45. The van der Waals surface area contributed by atoms with Crippen molar-refractivity contribution in [3.8, 4) is 5.88 Å². The normalized spacial score (nSPS) is 22.6. The fourth-order valence-electron chi connectivity index (χ4n) is 4.21. The third-order valence-corrected chi connectivity index (χ3v) is 6.01. The van der Waals surface area contributed by atoms with Crippen LogP contribution in [0.5, 0.6) is 5.88 Å². The van der Waals surface area contributed by atoms with Gasteiger partial charge in [-0.05, 0) is 75.6 Å². The van der Waals surface area contributed by atoms with Gasteiger partial charge < -0.3 is 19.9 Å². The maximum Gasteiger partial charge on any atom is 0.213 e. The monoisotopic (exact) mass is 513 g/mol. The quantitative estimate of drug-likeness (QED) is 0.328. The Labute approximate surface area is 192 Å². The zero-order valence-electron chi connectivity index (χ0n) is 17.7. The van der Waals surface area contributed by atoms with Crippen molar-refractivity contribution in [2.24, 2.45) is 16.8 Å². The number of likely N-dealkylation sites (tertiary alicyclic amines) is 2. The van der Waals surface area contributed by atoms with Crippen molar-refractivity contribution >= 4 is 29.9 Å². The molecule has 2 aliphatic heterocycles. The molecule has 0 bridgehead atoms. The number of ether oxygens (including phenoxy) is 1. The van der Waals surface area contributed by atoms with Crippen LogP contribution in [0.1, 0.15) is 44.6 Å². The minimum atomic E-state index is 0. The third-order valence-electron chi connectivity index (χ3n) is 6.01. The molecule has 1 N–H and O–H groups in total. The van der Waals surface area contributed by atoms with Gasteiger partial charge in [-0.2, -0.15) is 0 Å². The minimum absolute atomic E-state index is 0. The molecule has 3 fully saturated rings. The molecule has 1 aliphatic carbocycles. The van der Waals surface area contributed by atoms with E-state index in [0.29, 0.717) is 6.54 Å². The average molecular weight is 513 g/mol. The van der Waals surface area contributed by atoms with Gasteiger partial charge in [0.05, 0.1) is 13.2 Å². The van der Waals surface area contributed by atoms with E-state index in [1.54, 1.807) is 0 Å². The average Bonchev–Trinajstić information content (AvgIpc) is 3.19. The van der Waals surface area contributed by atoms with Crippen molar-refractivity contribution in [1.82, 2.24) is 20.1 Å². The Bertz CT molecular complexity index is 660. The van der Waals surface area contributed by atoms with E-state index in [1.165, 1.54) is 51.7 Å². The number of halogens is 1. The highest BCUT2D eigenvalue weighted by molar-refractivity contribution is 14.0. The second-order valence-corrected chi connectivity index (χ2v) is 8.54. The van der Waals surface area contributed by atoms with Gasteiger partial charge in [-0.1, -0.05) is 0 Å². The lowest BCUT2D eigenvalue weighted by atomic mass is 10.1. The molecule has 3 aliphatic rings. The maximum absolute atomic E-state index is 5.81. The number of hydrogen-bond donors (Lipinski definition) is 1. The number of rotatable bonds is 8. The Kier molecular flexibility index (Phi) is 8.84. The highest BCUT2D eigenvalue weighted by Crippen LogP contribution is 2.29. The lowest BCUT2D eigenvalue weighted by Gasteiger charge is -2.23. The molecule has 29 heavy (non-hydrogen) atoms. The molecular weight excluding hydrogens is 477 g/mol. The second-order valence-electron chi connectivity index (χ2n) is 8.54. The molecule has 1 aromatic heterocycles. The van der Waals surface area contributed by atoms with Crippen LogP contribution in [0.15, 0.2) is 23.3 Å². The third kappa shape index (κ3) is 6.98. The Morgan fingerprint density at radius 2 is 2.03 bits per heavy atom. The van der Waals surface area contributed by atoms with E-state index in [1.807, 2.05) is 18.3 Å². The van der Waals surface area contributed by atoms with Gasteiger partial charge in [0.25, 0.3) is 0 Å². The molecule has 0 aromatic carbocycles. The van der Waals surface area contributed by atoms with E-state index < -0.39 is 0 Å². The molecule has 0 spiro atoms. The van der Waals surface area contributed by atoms with Crippen LogP contribution >= 0.6 is 24.0 Å². The van der Waals surface area contributed by atoms with Crippen molar-refractivity contribution < 1.29 is 4.74 Å². The fraction of sp³-hybridized carbons (Fsp3) is 0.727. The number of aliphatic imine (C=N–C) groups is 1. The van der Waals surface area contributed by atoms with Crippen LogP contribution in [0.3, 0.4) is 0 Å². The summed E-state index contributed by atoms with van der Waals surface area (Å²) >= 11 is 0. The smallest absolute Gasteiger partial charge is 0.213 e. The molecule has 1 unspecified atom stereocenters. The first-order valence-corrected chi connectivity index (χ1v) is 11.1. The summed E-state index contributed by atoms with van der Waals surface area (Å²) in [5.41, 5.74) is 1.16. The summed E-state index contributed by atoms with van der Waals surface area (Å²) in [4.78, 5) is 14.3. The summed E-state index contributed by atoms with van der Waals surface area (Å²) in [6.45, 7) is 10.6. The lowest BCUT2D eigenvalue weighted by Crippen LogP contribution is -2.40. The van der Waals surface area contributed by atoms with Gasteiger partial charge in [0, 0.05) is 38.4 Å². The highest BCUT2D eigenvalue weighted by Gasteiger charge is 2.27. The SMILES string of the molecule is CCNC(=NCc1ccnc(OCC2CC2)c1)N1CCC(CN2CCCC2)C1.I. The van der Waals surface area contributed by atoms with Crippen molar-refractivity contribution in [2.45, 2.75) is 45.6 Å². The van der Waals surface area contributed by atoms with E-state index in [2.05, 4.69) is 27.0 Å². The van der Waals surface area contributed by atoms with Gasteiger partial charge in [0.15, 0.2) is 5.96 Å². The van der Waals surface area contributed by atoms with Crippen LogP contribution in [0.4, 0.5) is 0 Å². The van der Waals surface area contributed by atoms with Crippen LogP contribution in [0.2, 0.25) is 0 Å². The fourth-order valence-corrected chi connectivity index (χ4v) is 4.21. The first kappa shape index (κ1) is 22.6. The minimum Gasteiger partial charge on any atom is -0.477 e. The molecule has 162 valence electrons. The van der Waals surface area contributed by atoms with Crippen molar-refractivity contribution in [2.75, 3.05) is 45.9 Å². The molecule has 3 heterocycles. The van der Waals surface area contributed by atoms with Crippen LogP contribution in [-0.4, -0.2) is 66.6 Å². The van der Waals surface area contributed by atoms with Gasteiger partial charge in [-0.15, -0.1) is 24.0 Å². The number of nitrogens with one attached hydrogen (secondary N) is 1. The number of pyridine rings is 1. The summed E-state index contributed by atoms with van der Waals surface area (Å²) in [5.74, 6) is 3.29. The van der Waals surface area contributed by atoms with Gasteiger partial charge in [0.2, 0.25) is 5.88 Å². The molecule has 0 amide bonds. The van der Waals surface area contributed by atoms with E-state index >= 15 is 0 Å². The molecule has 7 heteroatoms. The first-order valence-electron chi connectivity index (χ1n) is 11.1. The molecule has 1 saturated carbocycles. The molecule has 6 nitrogen and oxygen atoms in total. The van der Waals surface area contributed by atoms with Crippen molar-refractivity contribution in [3.63, 3.8) is 0 Å². The Morgan fingerprint density at radius 3 is 2.79 bits per heavy atom. The molecule has 0 radical (unpaired) electrons. The standard InChI is InChI=1S/C22H35N5O.HI/c1-2-23-22(27-12-8-20(16-27)15-26-10-3-4-11-26)25-14-19-7-9-24-21(13-19)28-17-18-5-6-18;/h7,9,13,18,20H,2-6,8,10-12,14-17H2,1H3,(H,23,25);1H. The van der Waals surface area contributed by atoms with E-state index in [-0.39, 0.29) is 24.0 Å². The Hall–Kier alpha value is -1.09. The molecule has 4 rings (SSSR count). The number of aromatic nitrogens is 1. The van der Waals surface area contributed by atoms with Gasteiger partial charge in [0.1, 0.15) is 0 Å². The summed E-state index contributed by atoms with van der Waals surface area (Å²) in [5, 5.41) is 3.49. The van der Waals surface area contributed by atoms with Crippen LogP contribution < -0.4 is 10.1 Å². The van der Waals surface area contributed by atoms with Crippen LogP contribution in [0.25, 0.3) is 0 Å². The van der Waals surface area contributed by atoms with Gasteiger partial charge in [-0.3, -0.25) is 0 Å². The first-order chi connectivity index (χ1) is 13.8. The van der Waals surface area contributed by atoms with E-state index in [4.69, 9.17) is 9.73 Å². The zero-order valence-corrected chi connectivity index (χ0v) is 20.0. The number of hydrogen-bond acceptors (Lipinski definition) is 4. The number of nitrogens with zero attached hydrogens (tertiary/aromatic N) is 4. The zero-order chi connectivity index (χ0) is 19.2. The molecule has 1 atom stereocenters. The topological polar surface area (TPSA) is 53.0 Å². The number of guanidine groups is 1. The van der Waals surface area contributed by atoms with Crippen molar-refractivity contribution in [1.29, 1.82) is 0 Å². The molecular formula is C22H36IN5O. The van der Waals surface area contributed by atoms with Crippen LogP contribution in [-0.2, 0) is 6.54 Å². The predicted molar refractivity (Wildman–Crippen MR) is 128 cm³/mol. The summed E-state index contributed by atoms with van der Waals surface area (Å²) in [7, 11) is 0. The van der Waals surface area contributed by atoms with Gasteiger partial charge >= 0.3 is 0 Å². The Balaban J connectivity index is 0.00000240. The Morgan fingerprint density at radius 1 is 1.21 bits per heavy atom. The summed E-state index contributed by atoms with van der Waals surface area (Å²) in [6, 6.07) is 4.08. The van der Waals surface area contributed by atoms with E-state index in [9.17, 15) is 0 Å². The largest absolute Gasteiger partial charge is 0.477 e. The second kappa shape index (κ2) is 11.3. The van der Waals surface area contributed by atoms with Gasteiger partial charge in [-0.25, -0.2) is 9.98 Å². The lowest BCUT2D eigenvalue weighted by molar-refractivity contribution is 0.281. The van der Waals surface area contributed by atoms with E-state index in [0.717, 1.165) is 55.5 Å². The van der Waals surface area contributed by atoms with Crippen molar-refractivity contribution in [3.05, 3.63) is 23.9 Å². The highest BCUT2D eigenvalue weighted by atomic mass is 127. The molecule has 1 aromatic rings.